The zero-order valence-electron chi connectivity index (χ0n) is 15.6. The first-order chi connectivity index (χ1) is 14.1. The number of anilines is 1. The SMILES string of the molecule is COc1ccc(/C=N/NC(=O)C(=O)Nc2nnc(-c3ccccc3)s2)cc1OC. The molecule has 0 spiro atoms. The fourth-order valence-electron chi connectivity index (χ4n) is 2.27. The lowest BCUT2D eigenvalue weighted by molar-refractivity contribution is -0.136. The Bertz CT molecular complexity index is 1040. The predicted octanol–water partition coefficient (Wildman–Crippen LogP) is 2.31. The molecule has 3 aromatic rings. The van der Waals surface area contributed by atoms with E-state index in [1.54, 1.807) is 18.2 Å². The molecule has 29 heavy (non-hydrogen) atoms. The molecule has 0 bridgehead atoms. The maximum atomic E-state index is 12.0. The van der Waals surface area contributed by atoms with Gasteiger partial charge in [-0.15, -0.1) is 10.2 Å². The lowest BCUT2D eigenvalue weighted by Crippen LogP contribution is -2.32. The van der Waals surface area contributed by atoms with Crippen LogP contribution in [0.5, 0.6) is 11.5 Å². The summed E-state index contributed by atoms with van der Waals surface area (Å²) in [4.78, 5) is 23.9. The van der Waals surface area contributed by atoms with Crippen molar-refractivity contribution in [1.29, 1.82) is 0 Å². The van der Waals surface area contributed by atoms with Crippen LogP contribution in [0.4, 0.5) is 5.13 Å². The second kappa shape index (κ2) is 9.42. The Morgan fingerprint density at radius 1 is 1.00 bits per heavy atom. The first-order valence-corrected chi connectivity index (χ1v) is 9.17. The number of nitrogens with one attached hydrogen (secondary N) is 2. The average molecular weight is 411 g/mol. The zero-order chi connectivity index (χ0) is 20.6. The number of nitrogens with zero attached hydrogens (tertiary/aromatic N) is 3. The van der Waals surface area contributed by atoms with Gasteiger partial charge in [-0.05, 0) is 23.8 Å². The van der Waals surface area contributed by atoms with Gasteiger partial charge in [0.2, 0.25) is 5.13 Å². The summed E-state index contributed by atoms with van der Waals surface area (Å²) in [7, 11) is 3.05. The van der Waals surface area contributed by atoms with Crippen molar-refractivity contribution in [3.05, 3.63) is 54.1 Å². The quantitative estimate of drug-likeness (QED) is 0.365. The van der Waals surface area contributed by atoms with E-state index < -0.39 is 11.8 Å². The highest BCUT2D eigenvalue weighted by Crippen LogP contribution is 2.27. The minimum atomic E-state index is -0.932. The summed E-state index contributed by atoms with van der Waals surface area (Å²) < 4.78 is 10.3. The molecule has 0 unspecified atom stereocenters. The Hall–Kier alpha value is -3.79. The minimum Gasteiger partial charge on any atom is -0.493 e. The molecular weight excluding hydrogens is 394 g/mol. The van der Waals surface area contributed by atoms with Crippen molar-refractivity contribution in [3.63, 3.8) is 0 Å². The Kier molecular flexibility index (Phi) is 6.48. The maximum absolute atomic E-state index is 12.0. The summed E-state index contributed by atoms with van der Waals surface area (Å²) in [5.41, 5.74) is 3.68. The zero-order valence-corrected chi connectivity index (χ0v) is 16.4. The number of hydrogen-bond acceptors (Lipinski definition) is 8. The van der Waals surface area contributed by atoms with E-state index in [4.69, 9.17) is 9.47 Å². The summed E-state index contributed by atoms with van der Waals surface area (Å²) in [6.45, 7) is 0. The van der Waals surface area contributed by atoms with Crippen LogP contribution in [-0.4, -0.2) is 42.4 Å². The molecule has 0 fully saturated rings. The third-order valence-corrected chi connectivity index (χ3v) is 4.55. The molecule has 0 saturated carbocycles. The summed E-state index contributed by atoms with van der Waals surface area (Å²) >= 11 is 1.16. The molecule has 0 saturated heterocycles. The van der Waals surface area contributed by atoms with Crippen molar-refractivity contribution in [3.8, 4) is 22.1 Å². The first kappa shape index (κ1) is 20.0. The molecule has 2 aromatic carbocycles. The summed E-state index contributed by atoms with van der Waals surface area (Å²) in [5.74, 6) is -0.741. The van der Waals surface area contributed by atoms with Gasteiger partial charge in [-0.1, -0.05) is 41.7 Å². The third-order valence-electron chi connectivity index (χ3n) is 3.66. The number of rotatable bonds is 6. The molecule has 2 amide bonds. The van der Waals surface area contributed by atoms with E-state index in [9.17, 15) is 9.59 Å². The molecule has 0 radical (unpaired) electrons. The van der Waals surface area contributed by atoms with Crippen LogP contribution >= 0.6 is 11.3 Å². The van der Waals surface area contributed by atoms with E-state index >= 15 is 0 Å². The average Bonchev–Trinajstić information content (AvgIpc) is 3.22. The van der Waals surface area contributed by atoms with Gasteiger partial charge in [0.25, 0.3) is 0 Å². The standard InChI is InChI=1S/C19H17N5O4S/c1-27-14-9-8-12(10-15(14)28-2)11-20-22-17(26)16(25)21-19-24-23-18(29-19)13-6-4-3-5-7-13/h3-11H,1-2H3,(H,22,26)(H,21,24,25)/b20-11+. The number of carbonyl (C=O) groups is 2. The van der Waals surface area contributed by atoms with Gasteiger partial charge in [-0.25, -0.2) is 5.43 Å². The maximum Gasteiger partial charge on any atom is 0.329 e. The van der Waals surface area contributed by atoms with Gasteiger partial charge in [-0.3, -0.25) is 14.9 Å². The number of hydrogen-bond donors (Lipinski definition) is 2. The van der Waals surface area contributed by atoms with Crippen molar-refractivity contribution >= 4 is 34.5 Å². The molecule has 0 aliphatic rings. The number of amides is 2. The monoisotopic (exact) mass is 411 g/mol. The Morgan fingerprint density at radius 2 is 1.76 bits per heavy atom. The second-order valence-electron chi connectivity index (χ2n) is 5.55. The van der Waals surface area contributed by atoms with Crippen molar-refractivity contribution in [2.45, 2.75) is 0 Å². The highest BCUT2D eigenvalue weighted by atomic mass is 32.1. The van der Waals surface area contributed by atoms with E-state index in [1.807, 2.05) is 30.3 Å². The van der Waals surface area contributed by atoms with Crippen LogP contribution in [0.25, 0.3) is 10.6 Å². The van der Waals surface area contributed by atoms with Crippen molar-refractivity contribution in [2.75, 3.05) is 19.5 Å². The lowest BCUT2D eigenvalue weighted by Gasteiger charge is -2.07. The highest BCUT2D eigenvalue weighted by Gasteiger charge is 2.16. The molecule has 148 valence electrons. The lowest BCUT2D eigenvalue weighted by atomic mass is 10.2. The fraction of sp³-hybridized carbons (Fsp3) is 0.105. The predicted molar refractivity (Wildman–Crippen MR) is 109 cm³/mol. The van der Waals surface area contributed by atoms with Gasteiger partial charge >= 0.3 is 11.8 Å². The van der Waals surface area contributed by atoms with Crippen LogP contribution in [0.3, 0.4) is 0 Å². The third kappa shape index (κ3) is 5.14. The summed E-state index contributed by atoms with van der Waals surface area (Å²) in [5, 5.41) is 14.9. The second-order valence-corrected chi connectivity index (χ2v) is 6.52. The number of ether oxygens (including phenoxy) is 2. The number of hydrazone groups is 1. The normalized spacial score (nSPS) is 10.6. The molecule has 3 rings (SSSR count). The van der Waals surface area contributed by atoms with Gasteiger partial charge in [-0.2, -0.15) is 5.10 Å². The van der Waals surface area contributed by atoms with E-state index in [0.717, 1.165) is 16.9 Å². The number of methoxy groups -OCH3 is 2. The van der Waals surface area contributed by atoms with Crippen LogP contribution in [-0.2, 0) is 9.59 Å². The number of aromatic nitrogens is 2. The minimum absolute atomic E-state index is 0.216. The Balaban J connectivity index is 1.56. The molecule has 0 aliphatic heterocycles. The van der Waals surface area contributed by atoms with Crippen molar-refractivity contribution < 1.29 is 19.1 Å². The van der Waals surface area contributed by atoms with Crippen LogP contribution in [0.1, 0.15) is 5.56 Å². The molecule has 1 aromatic heterocycles. The molecule has 2 N–H and O–H groups in total. The van der Waals surface area contributed by atoms with Crippen LogP contribution in [0.15, 0.2) is 53.6 Å². The smallest absolute Gasteiger partial charge is 0.329 e. The van der Waals surface area contributed by atoms with E-state index in [2.05, 4.69) is 26.0 Å². The number of carbonyl (C=O) groups excluding carboxylic acids is 2. The van der Waals surface area contributed by atoms with Gasteiger partial charge < -0.3 is 9.47 Å². The van der Waals surface area contributed by atoms with Crippen molar-refractivity contribution in [1.82, 2.24) is 15.6 Å². The Labute approximate surface area is 170 Å². The molecular formula is C19H17N5O4S. The molecule has 0 atom stereocenters. The van der Waals surface area contributed by atoms with Crippen molar-refractivity contribution in [2.24, 2.45) is 5.10 Å². The van der Waals surface area contributed by atoms with Gasteiger partial charge in [0.15, 0.2) is 11.5 Å². The van der Waals surface area contributed by atoms with Crippen LogP contribution in [0, 0.1) is 0 Å². The molecule has 9 nitrogen and oxygen atoms in total. The highest BCUT2D eigenvalue weighted by molar-refractivity contribution is 7.18. The van der Waals surface area contributed by atoms with E-state index in [0.29, 0.717) is 22.1 Å². The van der Waals surface area contributed by atoms with Crippen LogP contribution < -0.4 is 20.2 Å². The van der Waals surface area contributed by atoms with Gasteiger partial charge in [0.05, 0.1) is 20.4 Å². The van der Waals surface area contributed by atoms with E-state index in [1.165, 1.54) is 20.4 Å². The summed E-state index contributed by atoms with van der Waals surface area (Å²) in [6, 6.07) is 14.5. The fourth-order valence-corrected chi connectivity index (χ4v) is 3.02. The van der Waals surface area contributed by atoms with Crippen LogP contribution in [0.2, 0.25) is 0 Å². The van der Waals surface area contributed by atoms with E-state index in [-0.39, 0.29) is 5.13 Å². The first-order valence-electron chi connectivity index (χ1n) is 8.36. The molecule has 1 heterocycles. The van der Waals surface area contributed by atoms with Gasteiger partial charge in [0.1, 0.15) is 5.01 Å². The van der Waals surface area contributed by atoms with Gasteiger partial charge in [0, 0.05) is 5.56 Å². The largest absolute Gasteiger partial charge is 0.493 e. The topological polar surface area (TPSA) is 115 Å². The Morgan fingerprint density at radius 3 is 2.48 bits per heavy atom. The summed E-state index contributed by atoms with van der Waals surface area (Å²) in [6.07, 6.45) is 1.38. The molecule has 0 aliphatic carbocycles. The molecule has 10 heteroatoms. The number of benzene rings is 2.